The largest absolute Gasteiger partial charge is 0.508 e. The molecule has 3 rings (SSSR count). The van der Waals surface area contributed by atoms with E-state index in [9.17, 15) is 5.11 Å². The van der Waals surface area contributed by atoms with Gasteiger partial charge in [0.2, 0.25) is 0 Å². The van der Waals surface area contributed by atoms with E-state index in [2.05, 4.69) is 19.2 Å². The van der Waals surface area contributed by atoms with Gasteiger partial charge in [-0.1, -0.05) is 32.0 Å². The molecule has 2 atom stereocenters. The predicted octanol–water partition coefficient (Wildman–Crippen LogP) is 3.91. The van der Waals surface area contributed by atoms with E-state index in [-0.39, 0.29) is 12.2 Å². The van der Waals surface area contributed by atoms with Gasteiger partial charge in [-0.05, 0) is 41.8 Å². The zero-order valence-corrected chi connectivity index (χ0v) is 14.4. The smallest absolute Gasteiger partial charge is 0.120 e. The summed E-state index contributed by atoms with van der Waals surface area (Å²) in [6.07, 6.45) is 0.771. The van der Waals surface area contributed by atoms with Gasteiger partial charge in [-0.3, -0.25) is 10.3 Å². The van der Waals surface area contributed by atoms with E-state index >= 15 is 0 Å². The number of aromatic hydroxyl groups is 1. The molecule has 0 aromatic heterocycles. The summed E-state index contributed by atoms with van der Waals surface area (Å²) in [4.78, 5) is 4.90. The van der Waals surface area contributed by atoms with Crippen molar-refractivity contribution in [3.63, 3.8) is 0 Å². The van der Waals surface area contributed by atoms with Crippen molar-refractivity contribution in [3.05, 3.63) is 59.7 Å². The summed E-state index contributed by atoms with van der Waals surface area (Å²) in [7, 11) is 1.67. The minimum atomic E-state index is 0.0282. The van der Waals surface area contributed by atoms with Crippen LogP contribution in [0.15, 0.2) is 53.5 Å². The lowest BCUT2D eigenvalue weighted by atomic mass is 9.93. The Kier molecular flexibility index (Phi) is 4.86. The third kappa shape index (κ3) is 3.44. The van der Waals surface area contributed by atoms with Gasteiger partial charge in [0.15, 0.2) is 0 Å². The van der Waals surface area contributed by atoms with Crippen LogP contribution in [0.25, 0.3) is 0 Å². The highest BCUT2D eigenvalue weighted by molar-refractivity contribution is 6.01. The molecule has 0 radical (unpaired) electrons. The lowest BCUT2D eigenvalue weighted by Crippen LogP contribution is -2.41. The van der Waals surface area contributed by atoms with E-state index in [1.165, 1.54) is 0 Å². The molecule has 0 saturated heterocycles. The van der Waals surface area contributed by atoms with Gasteiger partial charge in [0.05, 0.1) is 7.11 Å². The van der Waals surface area contributed by atoms with Crippen LogP contribution in [0.4, 0.5) is 0 Å². The average Bonchev–Trinajstić information content (AvgIpc) is 2.61. The van der Waals surface area contributed by atoms with Gasteiger partial charge in [-0.25, -0.2) is 0 Å². The number of phenols is 1. The molecule has 0 amide bonds. The lowest BCUT2D eigenvalue weighted by molar-refractivity contribution is 0.345. The maximum absolute atomic E-state index is 10.2. The predicted molar refractivity (Wildman–Crippen MR) is 96.8 cm³/mol. The highest BCUT2D eigenvalue weighted by Crippen LogP contribution is 2.31. The van der Waals surface area contributed by atoms with Crippen LogP contribution in [-0.2, 0) is 0 Å². The first kappa shape index (κ1) is 16.5. The van der Waals surface area contributed by atoms with Gasteiger partial charge in [0, 0.05) is 23.7 Å². The minimum Gasteiger partial charge on any atom is -0.508 e. The van der Waals surface area contributed by atoms with Crippen LogP contribution >= 0.6 is 0 Å². The third-order valence-corrected chi connectivity index (χ3v) is 4.43. The molecule has 24 heavy (non-hydrogen) atoms. The van der Waals surface area contributed by atoms with Gasteiger partial charge in [0.1, 0.15) is 17.7 Å². The molecule has 0 spiro atoms. The number of ether oxygens (including phenoxy) is 1. The molecule has 0 saturated carbocycles. The standard InChI is InChI=1S/C20H24N2O2/c1-13(2)20-21-17(14-8-10-15(24-3)11-9-14)12-18(22-20)16-6-4-5-7-19(16)23/h4-11,13,18,20,22-23H,12H2,1-3H3/t18-,20+/m0/s1. The van der Waals surface area contributed by atoms with Gasteiger partial charge in [-0.15, -0.1) is 0 Å². The van der Waals surface area contributed by atoms with Crippen LogP contribution in [0.1, 0.15) is 37.4 Å². The number of phenolic OH excluding ortho intramolecular Hbond substituents is 1. The minimum absolute atomic E-state index is 0.0282. The second-order valence-electron chi connectivity index (χ2n) is 6.48. The molecule has 1 heterocycles. The van der Waals surface area contributed by atoms with E-state index in [4.69, 9.17) is 9.73 Å². The Labute approximate surface area is 143 Å². The molecular formula is C20H24N2O2. The summed E-state index contributed by atoms with van der Waals surface area (Å²) >= 11 is 0. The topological polar surface area (TPSA) is 53.8 Å². The van der Waals surface area contributed by atoms with Crippen LogP contribution in [-0.4, -0.2) is 24.1 Å². The molecule has 1 aliphatic rings. The van der Waals surface area contributed by atoms with Crippen LogP contribution in [0.2, 0.25) is 0 Å². The van der Waals surface area contributed by atoms with Gasteiger partial charge in [-0.2, -0.15) is 0 Å². The van der Waals surface area contributed by atoms with Crippen LogP contribution in [0, 0.1) is 5.92 Å². The summed E-state index contributed by atoms with van der Waals surface area (Å²) in [5.41, 5.74) is 3.08. The third-order valence-electron chi connectivity index (χ3n) is 4.43. The highest BCUT2D eigenvalue weighted by atomic mass is 16.5. The van der Waals surface area contributed by atoms with E-state index in [1.807, 2.05) is 42.5 Å². The van der Waals surface area contributed by atoms with Gasteiger partial charge in [0.25, 0.3) is 0 Å². The number of benzene rings is 2. The number of para-hydroxylation sites is 1. The number of nitrogens with one attached hydrogen (secondary N) is 1. The molecule has 126 valence electrons. The zero-order valence-electron chi connectivity index (χ0n) is 14.4. The molecule has 0 bridgehead atoms. The Morgan fingerprint density at radius 2 is 1.83 bits per heavy atom. The molecule has 0 aliphatic carbocycles. The summed E-state index contributed by atoms with van der Waals surface area (Å²) < 4.78 is 5.24. The highest BCUT2D eigenvalue weighted by Gasteiger charge is 2.27. The van der Waals surface area contributed by atoms with Crippen molar-refractivity contribution in [1.29, 1.82) is 0 Å². The Morgan fingerprint density at radius 1 is 1.12 bits per heavy atom. The molecule has 0 fully saturated rings. The number of aliphatic imine (C=N–C) groups is 1. The molecule has 4 heteroatoms. The SMILES string of the molecule is COc1ccc(C2=N[C@@H](C(C)C)N[C@H](c3ccccc3O)C2)cc1. The average molecular weight is 324 g/mol. The molecule has 2 aromatic rings. The fraction of sp³-hybridized carbons (Fsp3) is 0.350. The first-order chi connectivity index (χ1) is 11.6. The Hall–Kier alpha value is -2.33. The van der Waals surface area contributed by atoms with E-state index in [0.717, 1.165) is 29.0 Å². The maximum Gasteiger partial charge on any atom is 0.120 e. The molecule has 0 unspecified atom stereocenters. The van der Waals surface area contributed by atoms with Crippen molar-refractivity contribution in [2.75, 3.05) is 7.11 Å². The fourth-order valence-corrected chi connectivity index (χ4v) is 3.02. The number of hydrogen-bond acceptors (Lipinski definition) is 4. The Bertz CT molecular complexity index is 723. The Balaban J connectivity index is 1.93. The van der Waals surface area contributed by atoms with Crippen molar-refractivity contribution in [1.82, 2.24) is 5.32 Å². The van der Waals surface area contributed by atoms with Crippen LogP contribution < -0.4 is 10.1 Å². The normalized spacial score (nSPS) is 20.8. The monoisotopic (exact) mass is 324 g/mol. The van der Waals surface area contributed by atoms with Gasteiger partial charge >= 0.3 is 0 Å². The van der Waals surface area contributed by atoms with E-state index in [1.54, 1.807) is 13.2 Å². The Morgan fingerprint density at radius 3 is 2.46 bits per heavy atom. The number of nitrogens with zero attached hydrogens (tertiary/aromatic N) is 1. The summed E-state index contributed by atoms with van der Waals surface area (Å²) in [6.45, 7) is 4.31. The van der Waals surface area contributed by atoms with E-state index < -0.39 is 0 Å². The molecular weight excluding hydrogens is 300 g/mol. The zero-order chi connectivity index (χ0) is 17.1. The van der Waals surface area contributed by atoms with E-state index in [0.29, 0.717) is 11.7 Å². The molecule has 4 nitrogen and oxygen atoms in total. The van der Waals surface area contributed by atoms with Crippen molar-refractivity contribution in [2.24, 2.45) is 10.9 Å². The molecule has 2 aromatic carbocycles. The molecule has 2 N–H and O–H groups in total. The van der Waals surface area contributed by atoms with Gasteiger partial charge < -0.3 is 9.84 Å². The van der Waals surface area contributed by atoms with Crippen LogP contribution in [0.3, 0.4) is 0 Å². The van der Waals surface area contributed by atoms with Crippen molar-refractivity contribution in [3.8, 4) is 11.5 Å². The molecule has 1 aliphatic heterocycles. The summed E-state index contributed by atoms with van der Waals surface area (Å²) in [5, 5.41) is 13.8. The summed E-state index contributed by atoms with van der Waals surface area (Å²) in [6, 6.07) is 15.6. The first-order valence-electron chi connectivity index (χ1n) is 8.33. The lowest BCUT2D eigenvalue weighted by Gasteiger charge is -2.32. The maximum atomic E-state index is 10.2. The van der Waals surface area contributed by atoms with Crippen molar-refractivity contribution < 1.29 is 9.84 Å². The quantitative estimate of drug-likeness (QED) is 0.896. The number of hydrogen-bond donors (Lipinski definition) is 2. The second-order valence-corrected chi connectivity index (χ2v) is 6.48. The van der Waals surface area contributed by atoms with Crippen molar-refractivity contribution in [2.45, 2.75) is 32.5 Å². The van der Waals surface area contributed by atoms with Crippen molar-refractivity contribution >= 4 is 5.71 Å². The van der Waals surface area contributed by atoms with Crippen LogP contribution in [0.5, 0.6) is 11.5 Å². The fourth-order valence-electron chi connectivity index (χ4n) is 3.02. The number of rotatable bonds is 4. The first-order valence-corrected chi connectivity index (χ1v) is 8.33. The number of methoxy groups -OCH3 is 1. The summed E-state index contributed by atoms with van der Waals surface area (Å²) in [5.74, 6) is 1.53. The second kappa shape index (κ2) is 7.05.